The van der Waals surface area contributed by atoms with Gasteiger partial charge in [0.2, 0.25) is 5.91 Å². The van der Waals surface area contributed by atoms with E-state index in [9.17, 15) is 4.79 Å². The third kappa shape index (κ3) is 3.61. The largest absolute Gasteiger partial charge is 0.273 e. The van der Waals surface area contributed by atoms with Gasteiger partial charge in [-0.3, -0.25) is 4.79 Å². The van der Waals surface area contributed by atoms with E-state index in [0.717, 1.165) is 23.3 Å². The zero-order valence-corrected chi connectivity index (χ0v) is 17.1. The van der Waals surface area contributed by atoms with Gasteiger partial charge in [0.15, 0.2) is 0 Å². The van der Waals surface area contributed by atoms with Crippen LogP contribution in [0.25, 0.3) is 0 Å². The van der Waals surface area contributed by atoms with Crippen LogP contribution in [-0.2, 0) is 10.2 Å². The second-order valence-corrected chi connectivity index (χ2v) is 7.95. The molecule has 0 aliphatic heterocycles. The molecule has 29 heavy (non-hydrogen) atoms. The smallest absolute Gasteiger partial charge is 0.244 e. The molecule has 3 nitrogen and oxygen atoms in total. The van der Waals surface area contributed by atoms with Gasteiger partial charge in [-0.2, -0.15) is 5.10 Å². The van der Waals surface area contributed by atoms with Gasteiger partial charge in [0.1, 0.15) is 0 Å². The van der Waals surface area contributed by atoms with Crippen molar-refractivity contribution in [2.45, 2.75) is 32.6 Å². The zero-order chi connectivity index (χ0) is 20.4. The van der Waals surface area contributed by atoms with Crippen LogP contribution in [0.5, 0.6) is 0 Å². The Morgan fingerprint density at radius 3 is 2.07 bits per heavy atom. The second kappa shape index (κ2) is 7.67. The van der Waals surface area contributed by atoms with Gasteiger partial charge >= 0.3 is 0 Å². The van der Waals surface area contributed by atoms with Crippen LogP contribution in [-0.4, -0.2) is 11.6 Å². The summed E-state index contributed by atoms with van der Waals surface area (Å²) in [6, 6.07) is 26.9. The van der Waals surface area contributed by atoms with E-state index < -0.39 is 0 Å². The van der Waals surface area contributed by atoms with E-state index in [-0.39, 0.29) is 17.2 Å². The number of benzene rings is 3. The molecule has 0 spiro atoms. The topological polar surface area (TPSA) is 41.5 Å². The highest BCUT2D eigenvalue weighted by atomic mass is 16.2. The van der Waals surface area contributed by atoms with Crippen molar-refractivity contribution < 1.29 is 4.79 Å². The van der Waals surface area contributed by atoms with Crippen molar-refractivity contribution in [1.29, 1.82) is 0 Å². The number of carbonyl (C=O) groups excluding carboxylic acids is 1. The Morgan fingerprint density at radius 2 is 1.52 bits per heavy atom. The fourth-order valence-electron chi connectivity index (χ4n) is 4.35. The lowest BCUT2D eigenvalue weighted by Crippen LogP contribution is -2.26. The van der Waals surface area contributed by atoms with Gasteiger partial charge in [-0.15, -0.1) is 0 Å². The zero-order valence-electron chi connectivity index (χ0n) is 17.1. The molecule has 3 aromatic carbocycles. The first-order valence-corrected chi connectivity index (χ1v) is 10.0. The highest BCUT2D eigenvalue weighted by Crippen LogP contribution is 2.58. The molecule has 3 aromatic rings. The van der Waals surface area contributed by atoms with Gasteiger partial charge in [0.25, 0.3) is 0 Å². The van der Waals surface area contributed by atoms with Crippen molar-refractivity contribution in [3.05, 3.63) is 107 Å². The molecule has 1 fully saturated rings. The van der Waals surface area contributed by atoms with Crippen LogP contribution in [0.3, 0.4) is 0 Å². The highest BCUT2D eigenvalue weighted by molar-refractivity contribution is 6.00. The van der Waals surface area contributed by atoms with Gasteiger partial charge in [0, 0.05) is 11.0 Å². The maximum absolute atomic E-state index is 13.0. The quantitative estimate of drug-likeness (QED) is 0.481. The molecule has 1 atom stereocenters. The highest BCUT2D eigenvalue weighted by Gasteiger charge is 2.60. The molecule has 1 unspecified atom stereocenters. The number of hydrazone groups is 1. The first-order valence-electron chi connectivity index (χ1n) is 10.0. The number of rotatable bonds is 5. The molecule has 1 saturated carbocycles. The molecule has 0 bridgehead atoms. The molecule has 3 heteroatoms. The minimum absolute atomic E-state index is 0.0261. The van der Waals surface area contributed by atoms with Gasteiger partial charge in [-0.05, 0) is 43.9 Å². The van der Waals surface area contributed by atoms with Gasteiger partial charge < -0.3 is 0 Å². The Balaban J connectivity index is 1.57. The Morgan fingerprint density at radius 1 is 0.931 bits per heavy atom. The number of aryl methyl sites for hydroxylation is 2. The third-order valence-electron chi connectivity index (χ3n) is 5.96. The van der Waals surface area contributed by atoms with E-state index in [0.29, 0.717) is 0 Å². The summed E-state index contributed by atoms with van der Waals surface area (Å²) in [7, 11) is 0. The Labute approximate surface area is 172 Å². The first-order chi connectivity index (χ1) is 14.0. The van der Waals surface area contributed by atoms with Crippen LogP contribution in [0, 0.1) is 19.8 Å². The van der Waals surface area contributed by atoms with Crippen LogP contribution in [0.15, 0.2) is 84.0 Å². The van der Waals surface area contributed by atoms with Crippen molar-refractivity contribution in [1.82, 2.24) is 5.43 Å². The number of hydrogen-bond acceptors (Lipinski definition) is 2. The molecular weight excluding hydrogens is 356 g/mol. The van der Waals surface area contributed by atoms with Crippen LogP contribution < -0.4 is 5.43 Å². The number of nitrogens with zero attached hydrogens (tertiary/aromatic N) is 1. The Bertz CT molecular complexity index is 1020. The molecule has 0 saturated heterocycles. The molecule has 0 radical (unpaired) electrons. The molecule has 146 valence electrons. The molecule has 0 aromatic heterocycles. The van der Waals surface area contributed by atoms with E-state index in [2.05, 4.69) is 66.8 Å². The van der Waals surface area contributed by atoms with Crippen LogP contribution >= 0.6 is 0 Å². The average molecular weight is 383 g/mol. The molecule has 1 aliphatic carbocycles. The predicted octanol–water partition coefficient (Wildman–Crippen LogP) is 5.15. The average Bonchev–Trinajstić information content (AvgIpc) is 3.50. The lowest BCUT2D eigenvalue weighted by atomic mass is 9.85. The second-order valence-electron chi connectivity index (χ2n) is 7.95. The number of amides is 1. The van der Waals surface area contributed by atoms with E-state index in [1.807, 2.05) is 43.3 Å². The summed E-state index contributed by atoms with van der Waals surface area (Å²) in [5, 5.41) is 4.42. The van der Waals surface area contributed by atoms with Crippen LogP contribution in [0.1, 0.15) is 41.2 Å². The number of nitrogens with one attached hydrogen (secondary N) is 1. The maximum atomic E-state index is 13.0. The maximum Gasteiger partial charge on any atom is 0.244 e. The summed E-state index contributed by atoms with van der Waals surface area (Å²) < 4.78 is 0. The van der Waals surface area contributed by atoms with Gasteiger partial charge in [0.05, 0.1) is 11.6 Å². The van der Waals surface area contributed by atoms with Crippen molar-refractivity contribution >= 4 is 11.6 Å². The monoisotopic (exact) mass is 382 g/mol. The van der Waals surface area contributed by atoms with E-state index in [1.165, 1.54) is 16.7 Å². The summed E-state index contributed by atoms with van der Waals surface area (Å²) in [5.74, 6) is -0.148. The molecule has 1 N–H and O–H groups in total. The summed E-state index contributed by atoms with van der Waals surface area (Å²) in [4.78, 5) is 13.0. The van der Waals surface area contributed by atoms with Crippen LogP contribution in [0.4, 0.5) is 0 Å². The number of hydrogen-bond donors (Lipinski definition) is 1. The predicted molar refractivity (Wildman–Crippen MR) is 118 cm³/mol. The number of carbonyl (C=O) groups is 1. The van der Waals surface area contributed by atoms with Crippen LogP contribution in [0.2, 0.25) is 0 Å². The molecular formula is C26H26N2O. The summed E-state index contributed by atoms with van der Waals surface area (Å²) in [6.07, 6.45) is 0.797. The summed E-state index contributed by atoms with van der Waals surface area (Å²) >= 11 is 0. The lowest BCUT2D eigenvalue weighted by molar-refractivity contribution is -0.122. The van der Waals surface area contributed by atoms with Crippen molar-refractivity contribution in [2.24, 2.45) is 11.0 Å². The van der Waals surface area contributed by atoms with E-state index >= 15 is 0 Å². The molecule has 1 amide bonds. The lowest BCUT2D eigenvalue weighted by Gasteiger charge is -2.18. The van der Waals surface area contributed by atoms with Gasteiger partial charge in [-0.1, -0.05) is 84.4 Å². The minimum atomic E-state index is -0.268. The Kier molecular flexibility index (Phi) is 5.06. The Hall–Kier alpha value is -3.20. The van der Waals surface area contributed by atoms with Crippen molar-refractivity contribution in [3.8, 4) is 0 Å². The summed E-state index contributed by atoms with van der Waals surface area (Å²) in [6.45, 7) is 6.08. The SMILES string of the molecule is C/C(=N\NC(=O)C1CC1(c1ccccc1)c1ccccc1)c1ccc(C)cc1C. The fourth-order valence-corrected chi connectivity index (χ4v) is 4.35. The van der Waals surface area contributed by atoms with Crippen molar-refractivity contribution in [3.63, 3.8) is 0 Å². The molecule has 4 rings (SSSR count). The normalized spacial score (nSPS) is 17.6. The van der Waals surface area contributed by atoms with E-state index in [1.54, 1.807) is 0 Å². The standard InChI is InChI=1S/C26H26N2O/c1-18-14-15-23(19(2)16-18)20(3)27-28-25(29)24-17-26(24,21-10-6-4-7-11-21)22-12-8-5-9-13-22/h4-16,24H,17H2,1-3H3,(H,28,29)/b27-20+. The molecule has 0 heterocycles. The summed E-state index contributed by atoms with van der Waals surface area (Å²) in [5.41, 5.74) is 9.18. The first kappa shape index (κ1) is 19.1. The third-order valence-corrected chi connectivity index (χ3v) is 5.96. The van der Waals surface area contributed by atoms with E-state index in [4.69, 9.17) is 0 Å². The fraction of sp³-hybridized carbons (Fsp3) is 0.231. The van der Waals surface area contributed by atoms with Crippen molar-refractivity contribution in [2.75, 3.05) is 0 Å². The minimum Gasteiger partial charge on any atom is -0.273 e. The molecule has 1 aliphatic rings. The van der Waals surface area contributed by atoms with Gasteiger partial charge in [-0.25, -0.2) is 5.43 Å².